The van der Waals surface area contributed by atoms with E-state index in [9.17, 15) is 4.79 Å². The van der Waals surface area contributed by atoms with Gasteiger partial charge in [0.25, 0.3) is 0 Å². The van der Waals surface area contributed by atoms with Crippen LogP contribution in [0.5, 0.6) is 5.75 Å². The molecule has 0 aliphatic heterocycles. The van der Waals surface area contributed by atoms with Crippen molar-refractivity contribution in [2.24, 2.45) is 0 Å². The van der Waals surface area contributed by atoms with Gasteiger partial charge in [-0.2, -0.15) is 0 Å². The molecule has 0 N–H and O–H groups in total. The van der Waals surface area contributed by atoms with Crippen LogP contribution in [-0.4, -0.2) is 18.7 Å². The van der Waals surface area contributed by atoms with E-state index in [1.54, 1.807) is 24.3 Å². The Kier molecular flexibility index (Phi) is 4.16. The van der Waals surface area contributed by atoms with Crippen LogP contribution in [0.4, 0.5) is 0 Å². The molecule has 0 aliphatic carbocycles. The van der Waals surface area contributed by atoms with Gasteiger partial charge in [-0.15, -0.1) is 0 Å². The summed E-state index contributed by atoms with van der Waals surface area (Å²) in [6.07, 6.45) is -0.0935. The van der Waals surface area contributed by atoms with Gasteiger partial charge >= 0.3 is 5.97 Å². The molecule has 0 radical (unpaired) electrons. The van der Waals surface area contributed by atoms with E-state index in [0.29, 0.717) is 12.2 Å². The first-order valence-electron chi connectivity index (χ1n) is 5.07. The summed E-state index contributed by atoms with van der Waals surface area (Å²) < 4.78 is 10.3. The Hall–Kier alpha value is -1.51. The molecular formula is C12H16O3. The number of esters is 1. The molecule has 0 heterocycles. The highest BCUT2D eigenvalue weighted by molar-refractivity contribution is 5.89. The van der Waals surface area contributed by atoms with Gasteiger partial charge < -0.3 is 9.47 Å². The SMILES string of the molecule is CCOc1ccc(C(=O)OC(C)C)cc1. The van der Waals surface area contributed by atoms with Crippen LogP contribution in [0.3, 0.4) is 0 Å². The minimum Gasteiger partial charge on any atom is -0.494 e. The summed E-state index contributed by atoms with van der Waals surface area (Å²) in [6.45, 7) is 6.19. The first-order chi connectivity index (χ1) is 7.13. The van der Waals surface area contributed by atoms with Crippen LogP contribution in [0.25, 0.3) is 0 Å². The maximum atomic E-state index is 11.5. The molecule has 1 rings (SSSR count). The average Bonchev–Trinajstić information content (AvgIpc) is 2.18. The lowest BCUT2D eigenvalue weighted by Gasteiger charge is -2.08. The van der Waals surface area contributed by atoms with Crippen LogP contribution in [-0.2, 0) is 4.74 Å². The Morgan fingerprint density at radius 3 is 2.33 bits per heavy atom. The molecule has 0 saturated carbocycles. The maximum Gasteiger partial charge on any atom is 0.338 e. The van der Waals surface area contributed by atoms with Gasteiger partial charge in [-0.3, -0.25) is 0 Å². The van der Waals surface area contributed by atoms with Crippen molar-refractivity contribution in [3.63, 3.8) is 0 Å². The lowest BCUT2D eigenvalue weighted by Crippen LogP contribution is -2.11. The monoisotopic (exact) mass is 208 g/mol. The van der Waals surface area contributed by atoms with Gasteiger partial charge in [0.05, 0.1) is 18.3 Å². The maximum absolute atomic E-state index is 11.5. The van der Waals surface area contributed by atoms with E-state index in [-0.39, 0.29) is 12.1 Å². The number of ether oxygens (including phenoxy) is 2. The summed E-state index contributed by atoms with van der Waals surface area (Å²) in [5.74, 6) is 0.464. The fraction of sp³-hybridized carbons (Fsp3) is 0.417. The Morgan fingerprint density at radius 1 is 1.27 bits per heavy atom. The Labute approximate surface area is 90.0 Å². The molecular weight excluding hydrogens is 192 g/mol. The molecule has 0 atom stereocenters. The zero-order valence-corrected chi connectivity index (χ0v) is 9.32. The van der Waals surface area contributed by atoms with Crippen molar-refractivity contribution in [2.45, 2.75) is 26.9 Å². The van der Waals surface area contributed by atoms with Gasteiger partial charge in [-0.1, -0.05) is 0 Å². The van der Waals surface area contributed by atoms with E-state index in [0.717, 1.165) is 5.75 Å². The number of rotatable bonds is 4. The normalized spacial score (nSPS) is 10.1. The number of benzene rings is 1. The Morgan fingerprint density at radius 2 is 1.87 bits per heavy atom. The summed E-state index contributed by atoms with van der Waals surface area (Å²) in [7, 11) is 0. The molecule has 0 amide bonds. The molecule has 0 bridgehead atoms. The minimum atomic E-state index is -0.298. The van der Waals surface area contributed by atoms with E-state index in [1.165, 1.54) is 0 Å². The Bertz CT molecular complexity index is 314. The summed E-state index contributed by atoms with van der Waals surface area (Å²) in [5, 5.41) is 0. The van der Waals surface area contributed by atoms with Crippen molar-refractivity contribution in [2.75, 3.05) is 6.61 Å². The Balaban J connectivity index is 2.67. The van der Waals surface area contributed by atoms with E-state index in [1.807, 2.05) is 20.8 Å². The largest absolute Gasteiger partial charge is 0.494 e. The summed E-state index contributed by atoms with van der Waals surface area (Å²) >= 11 is 0. The third kappa shape index (κ3) is 3.62. The predicted molar refractivity (Wildman–Crippen MR) is 58.2 cm³/mol. The average molecular weight is 208 g/mol. The zero-order valence-electron chi connectivity index (χ0n) is 9.32. The summed E-state index contributed by atoms with van der Waals surface area (Å²) in [6, 6.07) is 6.94. The molecule has 82 valence electrons. The third-order valence-corrected chi connectivity index (χ3v) is 1.74. The lowest BCUT2D eigenvalue weighted by molar-refractivity contribution is 0.0378. The van der Waals surface area contributed by atoms with Crippen molar-refractivity contribution in [1.29, 1.82) is 0 Å². The number of carbonyl (C=O) groups excluding carboxylic acids is 1. The van der Waals surface area contributed by atoms with Gasteiger partial charge in [-0.05, 0) is 45.0 Å². The van der Waals surface area contributed by atoms with Gasteiger partial charge in [0, 0.05) is 0 Å². The highest BCUT2D eigenvalue weighted by atomic mass is 16.5. The predicted octanol–water partition coefficient (Wildman–Crippen LogP) is 2.65. The van der Waals surface area contributed by atoms with Crippen LogP contribution in [0.15, 0.2) is 24.3 Å². The van der Waals surface area contributed by atoms with Crippen molar-refractivity contribution >= 4 is 5.97 Å². The van der Waals surface area contributed by atoms with Crippen molar-refractivity contribution in [3.8, 4) is 5.75 Å². The fourth-order valence-electron chi connectivity index (χ4n) is 1.14. The molecule has 0 saturated heterocycles. The second kappa shape index (κ2) is 5.39. The smallest absolute Gasteiger partial charge is 0.338 e. The lowest BCUT2D eigenvalue weighted by atomic mass is 10.2. The number of hydrogen-bond donors (Lipinski definition) is 0. The van der Waals surface area contributed by atoms with Crippen molar-refractivity contribution in [1.82, 2.24) is 0 Å². The molecule has 0 unspecified atom stereocenters. The summed E-state index contributed by atoms with van der Waals surface area (Å²) in [4.78, 5) is 11.5. The van der Waals surface area contributed by atoms with Gasteiger partial charge in [0.2, 0.25) is 0 Å². The highest BCUT2D eigenvalue weighted by Gasteiger charge is 2.08. The third-order valence-electron chi connectivity index (χ3n) is 1.74. The quantitative estimate of drug-likeness (QED) is 0.713. The second-order valence-corrected chi connectivity index (χ2v) is 3.41. The van der Waals surface area contributed by atoms with Crippen LogP contribution < -0.4 is 4.74 Å². The van der Waals surface area contributed by atoms with Crippen LogP contribution in [0.1, 0.15) is 31.1 Å². The number of hydrogen-bond acceptors (Lipinski definition) is 3. The molecule has 0 spiro atoms. The van der Waals surface area contributed by atoms with E-state index < -0.39 is 0 Å². The molecule has 0 aliphatic rings. The summed E-state index contributed by atoms with van der Waals surface area (Å²) in [5.41, 5.74) is 0.548. The first-order valence-corrected chi connectivity index (χ1v) is 5.07. The van der Waals surface area contributed by atoms with E-state index >= 15 is 0 Å². The van der Waals surface area contributed by atoms with E-state index in [2.05, 4.69) is 0 Å². The van der Waals surface area contributed by atoms with Gasteiger partial charge in [0.1, 0.15) is 5.75 Å². The molecule has 0 fully saturated rings. The molecule has 1 aromatic carbocycles. The second-order valence-electron chi connectivity index (χ2n) is 3.41. The fourth-order valence-corrected chi connectivity index (χ4v) is 1.14. The minimum absolute atomic E-state index is 0.0935. The molecule has 1 aromatic rings. The zero-order chi connectivity index (χ0) is 11.3. The standard InChI is InChI=1S/C12H16O3/c1-4-14-11-7-5-10(6-8-11)12(13)15-9(2)3/h5-9H,4H2,1-3H3. The molecule has 15 heavy (non-hydrogen) atoms. The number of carbonyl (C=O) groups is 1. The van der Waals surface area contributed by atoms with Crippen LogP contribution in [0, 0.1) is 0 Å². The van der Waals surface area contributed by atoms with Crippen LogP contribution in [0.2, 0.25) is 0 Å². The molecule has 0 aromatic heterocycles. The van der Waals surface area contributed by atoms with Gasteiger partial charge in [0.15, 0.2) is 0 Å². The van der Waals surface area contributed by atoms with Crippen LogP contribution >= 0.6 is 0 Å². The molecule has 3 heteroatoms. The van der Waals surface area contributed by atoms with Gasteiger partial charge in [-0.25, -0.2) is 4.79 Å². The molecule has 3 nitrogen and oxygen atoms in total. The van der Waals surface area contributed by atoms with Crippen molar-refractivity contribution in [3.05, 3.63) is 29.8 Å². The van der Waals surface area contributed by atoms with E-state index in [4.69, 9.17) is 9.47 Å². The topological polar surface area (TPSA) is 35.5 Å². The van der Waals surface area contributed by atoms with Crippen molar-refractivity contribution < 1.29 is 14.3 Å². The first kappa shape index (κ1) is 11.6. The highest BCUT2D eigenvalue weighted by Crippen LogP contribution is 2.13.